The lowest BCUT2D eigenvalue weighted by molar-refractivity contribution is -0.115. The Morgan fingerprint density at radius 3 is 2.81 bits per heavy atom. The van der Waals surface area contributed by atoms with Crippen LogP contribution in [0.1, 0.15) is 23.4 Å². The number of thioether (sulfide) groups is 1. The first kappa shape index (κ1) is 20.2. The van der Waals surface area contributed by atoms with Crippen molar-refractivity contribution in [1.82, 2.24) is 15.4 Å². The first-order valence-corrected chi connectivity index (χ1v) is 9.77. The molecule has 0 fully saturated rings. The van der Waals surface area contributed by atoms with Crippen LogP contribution in [0.3, 0.4) is 0 Å². The molecule has 26 heavy (non-hydrogen) atoms. The van der Waals surface area contributed by atoms with Gasteiger partial charge in [-0.05, 0) is 56.0 Å². The Morgan fingerprint density at radius 2 is 2.15 bits per heavy atom. The Hall–Kier alpha value is -2.09. The van der Waals surface area contributed by atoms with E-state index in [0.29, 0.717) is 4.91 Å². The van der Waals surface area contributed by atoms with Gasteiger partial charge in [0.05, 0.1) is 23.2 Å². The first-order chi connectivity index (χ1) is 12.5. The van der Waals surface area contributed by atoms with Crippen molar-refractivity contribution in [1.29, 1.82) is 0 Å². The molecule has 138 valence electrons. The summed E-state index contributed by atoms with van der Waals surface area (Å²) in [6.07, 6.45) is 12.7. The Labute approximate surface area is 163 Å². The molecule has 0 spiro atoms. The molecule has 0 aliphatic heterocycles. The Balaban J connectivity index is 2.40. The van der Waals surface area contributed by atoms with Gasteiger partial charge in [0.25, 0.3) is 5.91 Å². The van der Waals surface area contributed by atoms with Crippen LogP contribution in [0, 0.1) is 13.8 Å². The summed E-state index contributed by atoms with van der Waals surface area (Å²) in [6, 6.07) is 2.09. The molecular weight excluding hydrogens is 366 g/mol. The monoisotopic (exact) mass is 389 g/mol. The standard InChI is InChI=1S/C19H23N3O2S2/c1-13-10-15(11-18(26-4)19(23)20-12-25)14(2)22(13)17-7-5-6-16(8-9-17)21-24-3/h5-6,8-12,21H,7H2,1-4H3,(H,20,23,25)/b18-11+. The molecule has 1 aromatic heterocycles. The van der Waals surface area contributed by atoms with Gasteiger partial charge < -0.3 is 9.88 Å². The summed E-state index contributed by atoms with van der Waals surface area (Å²) in [5, 5.41) is 2.55. The fourth-order valence-corrected chi connectivity index (χ4v) is 3.42. The molecule has 1 aliphatic carbocycles. The Kier molecular flexibility index (Phi) is 7.44. The largest absolute Gasteiger partial charge is 0.321 e. The maximum Gasteiger partial charge on any atom is 0.262 e. The maximum atomic E-state index is 12.1. The average molecular weight is 390 g/mol. The van der Waals surface area contributed by atoms with Crippen LogP contribution in [0.25, 0.3) is 11.8 Å². The summed E-state index contributed by atoms with van der Waals surface area (Å²) in [4.78, 5) is 17.7. The van der Waals surface area contributed by atoms with E-state index >= 15 is 0 Å². The van der Waals surface area contributed by atoms with Crippen LogP contribution in [0.2, 0.25) is 0 Å². The van der Waals surface area contributed by atoms with Crippen molar-refractivity contribution in [2.75, 3.05) is 13.4 Å². The average Bonchev–Trinajstić information content (AvgIpc) is 2.77. The molecule has 2 N–H and O–H groups in total. The molecule has 5 nitrogen and oxygen atoms in total. The number of aromatic nitrogens is 1. The number of aryl methyl sites for hydroxylation is 1. The second kappa shape index (κ2) is 9.56. The van der Waals surface area contributed by atoms with Gasteiger partial charge in [-0.3, -0.25) is 15.1 Å². The Bertz CT molecular complexity index is 817. The second-order valence-electron chi connectivity index (χ2n) is 5.66. The summed E-state index contributed by atoms with van der Waals surface area (Å²) in [6.45, 7) is 4.12. The molecule has 0 radical (unpaired) electrons. The van der Waals surface area contributed by atoms with Gasteiger partial charge >= 0.3 is 0 Å². The third kappa shape index (κ3) is 4.75. The SMILES string of the molecule is CONC1=CC=C(n2c(C)cc(/C=C(/SC)C(=O)NC=S)c2C)CC=C1. The molecule has 0 bridgehead atoms. The molecule has 0 saturated heterocycles. The summed E-state index contributed by atoms with van der Waals surface area (Å²) in [5.74, 6) is -0.188. The van der Waals surface area contributed by atoms with E-state index in [9.17, 15) is 4.79 Å². The second-order valence-corrected chi connectivity index (χ2v) is 6.74. The van der Waals surface area contributed by atoms with Gasteiger partial charge in [0.15, 0.2) is 0 Å². The van der Waals surface area contributed by atoms with Gasteiger partial charge in [0.2, 0.25) is 0 Å². The van der Waals surface area contributed by atoms with Crippen molar-refractivity contribution in [2.24, 2.45) is 0 Å². The minimum absolute atomic E-state index is 0.188. The maximum absolute atomic E-state index is 12.1. The zero-order valence-electron chi connectivity index (χ0n) is 15.3. The van der Waals surface area contributed by atoms with E-state index in [1.807, 2.05) is 24.5 Å². The number of rotatable bonds is 7. The Morgan fingerprint density at radius 1 is 1.38 bits per heavy atom. The quantitative estimate of drug-likeness (QED) is 0.423. The number of hydrogen-bond acceptors (Lipinski definition) is 5. The van der Waals surface area contributed by atoms with Crippen molar-refractivity contribution in [3.8, 4) is 0 Å². The highest BCUT2D eigenvalue weighted by Gasteiger charge is 2.14. The van der Waals surface area contributed by atoms with Gasteiger partial charge in [-0.2, -0.15) is 0 Å². The molecule has 0 atom stereocenters. The topological polar surface area (TPSA) is 55.3 Å². The number of carbonyl (C=O) groups is 1. The smallest absolute Gasteiger partial charge is 0.262 e. The number of hydrogen-bond donors (Lipinski definition) is 2. The van der Waals surface area contributed by atoms with Crippen LogP contribution < -0.4 is 10.8 Å². The molecule has 1 aromatic rings. The van der Waals surface area contributed by atoms with Crippen molar-refractivity contribution in [3.05, 3.63) is 57.9 Å². The van der Waals surface area contributed by atoms with E-state index in [2.05, 4.69) is 47.4 Å². The predicted octanol–water partition coefficient (Wildman–Crippen LogP) is 3.72. The van der Waals surface area contributed by atoms with Crippen LogP contribution in [0.15, 0.2) is 41.0 Å². The van der Waals surface area contributed by atoms with E-state index < -0.39 is 0 Å². The minimum atomic E-state index is -0.188. The van der Waals surface area contributed by atoms with E-state index in [1.165, 1.54) is 17.3 Å². The van der Waals surface area contributed by atoms with Gasteiger partial charge in [0.1, 0.15) is 0 Å². The van der Waals surface area contributed by atoms with E-state index in [-0.39, 0.29) is 5.91 Å². The molecular formula is C19H23N3O2S2. The molecule has 0 aromatic carbocycles. The van der Waals surface area contributed by atoms with Gasteiger partial charge in [-0.15, -0.1) is 11.8 Å². The highest BCUT2D eigenvalue weighted by molar-refractivity contribution is 8.03. The van der Waals surface area contributed by atoms with Crippen molar-refractivity contribution in [2.45, 2.75) is 20.3 Å². The number of nitrogens with zero attached hydrogens (tertiary/aromatic N) is 1. The predicted molar refractivity (Wildman–Crippen MR) is 113 cm³/mol. The van der Waals surface area contributed by atoms with Crippen molar-refractivity contribution >= 4 is 47.2 Å². The molecule has 1 amide bonds. The van der Waals surface area contributed by atoms with Crippen LogP contribution in [-0.4, -0.2) is 29.3 Å². The van der Waals surface area contributed by atoms with Crippen LogP contribution >= 0.6 is 24.0 Å². The number of allylic oxidation sites excluding steroid dienone is 5. The van der Waals surface area contributed by atoms with Crippen LogP contribution in [-0.2, 0) is 9.63 Å². The van der Waals surface area contributed by atoms with Crippen molar-refractivity contribution in [3.63, 3.8) is 0 Å². The number of hydroxylamine groups is 1. The highest BCUT2D eigenvalue weighted by atomic mass is 32.2. The van der Waals surface area contributed by atoms with Gasteiger partial charge in [0, 0.05) is 23.5 Å². The van der Waals surface area contributed by atoms with E-state index in [4.69, 9.17) is 17.1 Å². The number of carbonyl (C=O) groups excluding carboxylic acids is 1. The normalized spacial score (nSPS) is 14.4. The summed E-state index contributed by atoms with van der Waals surface area (Å²) in [5.41, 5.74) is 9.33. The van der Waals surface area contributed by atoms with E-state index in [1.54, 1.807) is 7.11 Å². The van der Waals surface area contributed by atoms with Gasteiger partial charge in [-0.25, -0.2) is 0 Å². The number of nitrogens with one attached hydrogen (secondary N) is 2. The third-order valence-corrected chi connectivity index (χ3v) is 4.84. The zero-order chi connectivity index (χ0) is 19.1. The van der Waals surface area contributed by atoms with Crippen molar-refractivity contribution < 1.29 is 9.63 Å². The third-order valence-electron chi connectivity index (χ3n) is 3.98. The number of amides is 1. The molecule has 0 saturated carbocycles. The highest BCUT2D eigenvalue weighted by Crippen LogP contribution is 2.27. The lowest BCUT2D eigenvalue weighted by atomic mass is 10.2. The zero-order valence-corrected chi connectivity index (χ0v) is 17.0. The molecule has 1 aliphatic rings. The van der Waals surface area contributed by atoms with Crippen LogP contribution in [0.5, 0.6) is 0 Å². The lowest BCUT2D eigenvalue weighted by Gasteiger charge is -2.12. The summed E-state index contributed by atoms with van der Waals surface area (Å²) in [7, 11) is 1.59. The van der Waals surface area contributed by atoms with E-state index in [0.717, 1.165) is 34.8 Å². The summed E-state index contributed by atoms with van der Waals surface area (Å²) >= 11 is 6.10. The van der Waals surface area contributed by atoms with Crippen LogP contribution in [0.4, 0.5) is 0 Å². The molecule has 0 unspecified atom stereocenters. The first-order valence-electron chi connectivity index (χ1n) is 8.07. The fourth-order valence-electron chi connectivity index (χ4n) is 2.83. The van der Waals surface area contributed by atoms with Gasteiger partial charge in [-0.1, -0.05) is 18.3 Å². The molecule has 7 heteroatoms. The fraction of sp³-hybridized carbons (Fsp3) is 0.263. The summed E-state index contributed by atoms with van der Waals surface area (Å²) < 4.78 is 2.21. The minimum Gasteiger partial charge on any atom is -0.321 e. The molecule has 2 rings (SSSR count). The number of thiocarbonyl (C=S) groups is 1. The molecule has 1 heterocycles. The lowest BCUT2D eigenvalue weighted by Crippen LogP contribution is -2.20.